The van der Waals surface area contributed by atoms with Crippen LogP contribution in [0.5, 0.6) is 0 Å². The van der Waals surface area contributed by atoms with Crippen molar-refractivity contribution < 1.29 is 4.79 Å². The fourth-order valence-electron chi connectivity index (χ4n) is 3.14. The molecule has 2 N–H and O–H groups in total. The summed E-state index contributed by atoms with van der Waals surface area (Å²) in [5, 5.41) is 6.51. The molecule has 0 aromatic carbocycles. The summed E-state index contributed by atoms with van der Waals surface area (Å²) in [7, 11) is 0. The SMILES string of the molecule is CC1CNCC(C(=O)NCC2CCCCC2)C1. The summed E-state index contributed by atoms with van der Waals surface area (Å²) in [6.45, 7) is 5.05. The third-order valence-electron chi connectivity index (χ3n) is 4.23. The van der Waals surface area contributed by atoms with Crippen LogP contribution in [-0.2, 0) is 4.79 Å². The molecule has 17 heavy (non-hydrogen) atoms. The van der Waals surface area contributed by atoms with E-state index in [9.17, 15) is 4.79 Å². The van der Waals surface area contributed by atoms with Crippen molar-refractivity contribution in [1.82, 2.24) is 10.6 Å². The van der Waals surface area contributed by atoms with E-state index < -0.39 is 0 Å². The minimum Gasteiger partial charge on any atom is -0.356 e. The molecular formula is C14H26N2O. The van der Waals surface area contributed by atoms with Crippen LogP contribution in [-0.4, -0.2) is 25.5 Å². The van der Waals surface area contributed by atoms with Crippen LogP contribution in [0.15, 0.2) is 0 Å². The first kappa shape index (κ1) is 12.9. The molecule has 0 bridgehead atoms. The van der Waals surface area contributed by atoms with Crippen molar-refractivity contribution in [2.45, 2.75) is 45.4 Å². The van der Waals surface area contributed by atoms with Crippen molar-refractivity contribution >= 4 is 5.91 Å². The number of piperidine rings is 1. The third-order valence-corrected chi connectivity index (χ3v) is 4.23. The highest BCUT2D eigenvalue weighted by Gasteiger charge is 2.25. The van der Waals surface area contributed by atoms with Crippen LogP contribution in [0.1, 0.15) is 45.4 Å². The van der Waals surface area contributed by atoms with Crippen LogP contribution in [0.25, 0.3) is 0 Å². The Morgan fingerprint density at radius 2 is 2.00 bits per heavy atom. The van der Waals surface area contributed by atoms with E-state index in [-0.39, 0.29) is 11.8 Å². The summed E-state index contributed by atoms with van der Waals surface area (Å²) in [6, 6.07) is 0. The summed E-state index contributed by atoms with van der Waals surface area (Å²) in [5.41, 5.74) is 0. The molecule has 2 unspecified atom stereocenters. The molecule has 3 heteroatoms. The fourth-order valence-corrected chi connectivity index (χ4v) is 3.14. The molecule has 2 rings (SSSR count). The molecule has 2 fully saturated rings. The van der Waals surface area contributed by atoms with Crippen LogP contribution in [0.3, 0.4) is 0 Å². The van der Waals surface area contributed by atoms with Crippen molar-refractivity contribution in [3.8, 4) is 0 Å². The number of hydrogen-bond donors (Lipinski definition) is 2. The quantitative estimate of drug-likeness (QED) is 0.789. The number of carbonyl (C=O) groups excluding carboxylic acids is 1. The Kier molecular flexibility index (Phi) is 4.84. The maximum atomic E-state index is 12.0. The van der Waals surface area contributed by atoms with Gasteiger partial charge in [-0.3, -0.25) is 4.79 Å². The summed E-state index contributed by atoms with van der Waals surface area (Å²) in [5.74, 6) is 1.84. The first-order valence-electron chi connectivity index (χ1n) is 7.24. The van der Waals surface area contributed by atoms with E-state index in [1.807, 2.05) is 0 Å². The Balaban J connectivity index is 1.69. The van der Waals surface area contributed by atoms with E-state index >= 15 is 0 Å². The summed E-state index contributed by atoms with van der Waals surface area (Å²) in [4.78, 5) is 12.0. The highest BCUT2D eigenvalue weighted by atomic mass is 16.1. The van der Waals surface area contributed by atoms with Gasteiger partial charge in [0.15, 0.2) is 0 Å². The minimum atomic E-state index is 0.197. The Morgan fingerprint density at radius 3 is 2.71 bits per heavy atom. The second-order valence-corrected chi connectivity index (χ2v) is 5.95. The molecule has 0 radical (unpaired) electrons. The van der Waals surface area contributed by atoms with Crippen molar-refractivity contribution in [3.63, 3.8) is 0 Å². The zero-order chi connectivity index (χ0) is 12.1. The van der Waals surface area contributed by atoms with Crippen LogP contribution in [0.2, 0.25) is 0 Å². The van der Waals surface area contributed by atoms with Gasteiger partial charge in [0.1, 0.15) is 0 Å². The van der Waals surface area contributed by atoms with Gasteiger partial charge < -0.3 is 10.6 Å². The molecule has 98 valence electrons. The average Bonchev–Trinajstić information content (AvgIpc) is 2.37. The van der Waals surface area contributed by atoms with E-state index in [1.54, 1.807) is 0 Å². The molecule has 2 aliphatic rings. The van der Waals surface area contributed by atoms with Crippen molar-refractivity contribution in [1.29, 1.82) is 0 Å². The lowest BCUT2D eigenvalue weighted by molar-refractivity contribution is -0.126. The number of rotatable bonds is 3. The lowest BCUT2D eigenvalue weighted by atomic mass is 9.88. The van der Waals surface area contributed by atoms with Crippen LogP contribution in [0.4, 0.5) is 0 Å². The van der Waals surface area contributed by atoms with Crippen molar-refractivity contribution in [2.75, 3.05) is 19.6 Å². The Bertz CT molecular complexity index is 249. The second kappa shape index (κ2) is 6.39. The monoisotopic (exact) mass is 238 g/mol. The largest absolute Gasteiger partial charge is 0.356 e. The topological polar surface area (TPSA) is 41.1 Å². The molecule has 1 saturated carbocycles. The predicted molar refractivity (Wildman–Crippen MR) is 69.7 cm³/mol. The van der Waals surface area contributed by atoms with E-state index in [4.69, 9.17) is 0 Å². The minimum absolute atomic E-state index is 0.197. The van der Waals surface area contributed by atoms with Crippen molar-refractivity contribution in [2.24, 2.45) is 17.8 Å². The molecule has 2 atom stereocenters. The number of amides is 1. The van der Waals surface area contributed by atoms with E-state index in [0.29, 0.717) is 5.92 Å². The van der Waals surface area contributed by atoms with Gasteiger partial charge in [0.2, 0.25) is 5.91 Å². The summed E-state index contributed by atoms with van der Waals surface area (Å²) < 4.78 is 0. The standard InChI is InChI=1S/C14H26N2O/c1-11-7-13(10-15-8-11)14(17)16-9-12-5-3-2-4-6-12/h11-13,15H,2-10H2,1H3,(H,16,17). The summed E-state index contributed by atoms with van der Waals surface area (Å²) in [6.07, 6.45) is 7.74. The number of hydrogen-bond acceptors (Lipinski definition) is 2. The van der Waals surface area contributed by atoms with Crippen LogP contribution >= 0.6 is 0 Å². The summed E-state index contributed by atoms with van der Waals surface area (Å²) >= 11 is 0. The fraction of sp³-hybridized carbons (Fsp3) is 0.929. The smallest absolute Gasteiger partial charge is 0.224 e. The number of carbonyl (C=O) groups is 1. The molecule has 1 heterocycles. The molecule has 3 nitrogen and oxygen atoms in total. The molecule has 0 spiro atoms. The van der Waals surface area contributed by atoms with Gasteiger partial charge in [-0.1, -0.05) is 26.2 Å². The zero-order valence-electron chi connectivity index (χ0n) is 11.0. The van der Waals surface area contributed by atoms with Gasteiger partial charge in [0, 0.05) is 13.1 Å². The van der Waals surface area contributed by atoms with Gasteiger partial charge in [0.25, 0.3) is 0 Å². The average molecular weight is 238 g/mol. The first-order chi connectivity index (χ1) is 8.25. The third kappa shape index (κ3) is 3.98. The van der Waals surface area contributed by atoms with Gasteiger partial charge in [0.05, 0.1) is 5.92 Å². The predicted octanol–water partition coefficient (Wildman–Crippen LogP) is 1.93. The first-order valence-corrected chi connectivity index (χ1v) is 7.24. The Morgan fingerprint density at radius 1 is 1.24 bits per heavy atom. The van der Waals surface area contributed by atoms with Gasteiger partial charge in [-0.25, -0.2) is 0 Å². The maximum Gasteiger partial charge on any atom is 0.224 e. The molecule has 1 amide bonds. The molecule has 0 aromatic heterocycles. The van der Waals surface area contributed by atoms with E-state index in [0.717, 1.165) is 32.0 Å². The van der Waals surface area contributed by atoms with Gasteiger partial charge in [-0.2, -0.15) is 0 Å². The highest BCUT2D eigenvalue weighted by molar-refractivity contribution is 5.79. The van der Waals surface area contributed by atoms with Gasteiger partial charge in [-0.15, -0.1) is 0 Å². The lowest BCUT2D eigenvalue weighted by Crippen LogP contribution is -2.44. The Labute approximate surface area is 105 Å². The normalized spacial score (nSPS) is 31.1. The molecule has 1 saturated heterocycles. The highest BCUT2D eigenvalue weighted by Crippen LogP contribution is 2.23. The van der Waals surface area contributed by atoms with Crippen LogP contribution < -0.4 is 10.6 Å². The van der Waals surface area contributed by atoms with Crippen LogP contribution in [0, 0.1) is 17.8 Å². The lowest BCUT2D eigenvalue weighted by Gasteiger charge is -2.28. The molecule has 1 aliphatic heterocycles. The Hall–Kier alpha value is -0.570. The zero-order valence-corrected chi connectivity index (χ0v) is 11.0. The number of nitrogens with one attached hydrogen (secondary N) is 2. The van der Waals surface area contributed by atoms with Gasteiger partial charge in [-0.05, 0) is 37.6 Å². The maximum absolute atomic E-state index is 12.0. The van der Waals surface area contributed by atoms with E-state index in [2.05, 4.69) is 17.6 Å². The second-order valence-electron chi connectivity index (χ2n) is 5.95. The van der Waals surface area contributed by atoms with Gasteiger partial charge >= 0.3 is 0 Å². The van der Waals surface area contributed by atoms with Crippen molar-refractivity contribution in [3.05, 3.63) is 0 Å². The molecule has 1 aliphatic carbocycles. The molecular weight excluding hydrogens is 212 g/mol. The van der Waals surface area contributed by atoms with E-state index in [1.165, 1.54) is 32.1 Å². The molecule has 0 aromatic rings.